The Labute approximate surface area is 169 Å². The summed E-state index contributed by atoms with van der Waals surface area (Å²) in [4.78, 5) is 41.3. The second-order valence-corrected chi connectivity index (χ2v) is 7.39. The normalized spacial score (nSPS) is 16.1. The van der Waals surface area contributed by atoms with Crippen LogP contribution in [-0.2, 0) is 14.4 Å². The third-order valence-electron chi connectivity index (χ3n) is 5.19. The quantitative estimate of drug-likeness (QED) is 0.732. The maximum absolute atomic E-state index is 12.5. The molecule has 2 heterocycles. The SMILES string of the molecule is CC(CC(=O)O)C(=O)NC1CCN(C(=O)/C=C/c2cncc3ccccc23)CC1. The second-order valence-electron chi connectivity index (χ2n) is 7.39. The van der Waals surface area contributed by atoms with Crippen LogP contribution in [-0.4, -0.2) is 51.9 Å². The summed E-state index contributed by atoms with van der Waals surface area (Å²) in [6.45, 7) is 2.71. The van der Waals surface area contributed by atoms with Crippen molar-refractivity contribution in [2.45, 2.75) is 32.2 Å². The van der Waals surface area contributed by atoms with Gasteiger partial charge in [-0.25, -0.2) is 0 Å². The van der Waals surface area contributed by atoms with Crippen LogP contribution in [0.1, 0.15) is 31.7 Å². The average Bonchev–Trinajstić information content (AvgIpc) is 2.72. The Morgan fingerprint density at radius 1 is 1.24 bits per heavy atom. The molecule has 2 aromatic rings. The number of hydrogen-bond donors (Lipinski definition) is 2. The van der Waals surface area contributed by atoms with Crippen molar-refractivity contribution in [3.05, 3.63) is 48.3 Å². The Hall–Kier alpha value is -3.22. The van der Waals surface area contributed by atoms with Gasteiger partial charge in [-0.15, -0.1) is 0 Å². The molecular weight excluding hydrogens is 370 g/mol. The van der Waals surface area contributed by atoms with E-state index in [1.54, 1.807) is 36.4 Å². The zero-order chi connectivity index (χ0) is 20.8. The van der Waals surface area contributed by atoms with E-state index in [0.717, 1.165) is 16.3 Å². The van der Waals surface area contributed by atoms with E-state index in [1.807, 2.05) is 24.3 Å². The Kier molecular flexibility index (Phi) is 6.59. The van der Waals surface area contributed by atoms with Crippen molar-refractivity contribution < 1.29 is 19.5 Å². The number of aromatic nitrogens is 1. The molecule has 7 nitrogen and oxygen atoms in total. The zero-order valence-electron chi connectivity index (χ0n) is 16.4. The number of nitrogens with zero attached hydrogens (tertiary/aromatic N) is 2. The fourth-order valence-corrected chi connectivity index (χ4v) is 3.48. The van der Waals surface area contributed by atoms with Gasteiger partial charge in [0.15, 0.2) is 0 Å². The van der Waals surface area contributed by atoms with Crippen LogP contribution in [0.5, 0.6) is 0 Å². The number of likely N-dealkylation sites (tertiary alicyclic amines) is 1. The molecule has 0 spiro atoms. The highest BCUT2D eigenvalue weighted by molar-refractivity contribution is 5.96. The predicted octanol–water partition coefficient (Wildman–Crippen LogP) is 2.47. The lowest BCUT2D eigenvalue weighted by molar-refractivity contribution is -0.141. The number of aliphatic carboxylic acids is 1. The number of pyridine rings is 1. The van der Waals surface area contributed by atoms with Gasteiger partial charge in [0, 0.05) is 54.5 Å². The van der Waals surface area contributed by atoms with Gasteiger partial charge in [-0.3, -0.25) is 19.4 Å². The number of carboxylic acid groups (broad SMARTS) is 1. The first-order valence-corrected chi connectivity index (χ1v) is 9.76. The van der Waals surface area contributed by atoms with Gasteiger partial charge in [-0.05, 0) is 24.3 Å². The molecule has 0 bridgehead atoms. The summed E-state index contributed by atoms with van der Waals surface area (Å²) in [5, 5.41) is 13.8. The lowest BCUT2D eigenvalue weighted by atomic mass is 10.0. The molecule has 3 rings (SSSR count). The van der Waals surface area contributed by atoms with Crippen molar-refractivity contribution in [3.63, 3.8) is 0 Å². The standard InChI is InChI=1S/C22H25N3O4/c1-15(12-21(27)28)22(29)24-18-8-10-25(11-9-18)20(26)7-6-17-14-23-13-16-4-2-3-5-19(16)17/h2-7,13-15,18H,8-12H2,1H3,(H,24,29)(H,27,28)/b7-6+. The fourth-order valence-electron chi connectivity index (χ4n) is 3.48. The summed E-state index contributed by atoms with van der Waals surface area (Å²) in [5.41, 5.74) is 0.894. The number of rotatable bonds is 6. The lowest BCUT2D eigenvalue weighted by Crippen LogP contribution is -2.47. The highest BCUT2D eigenvalue weighted by Gasteiger charge is 2.25. The van der Waals surface area contributed by atoms with E-state index in [1.165, 1.54) is 0 Å². The highest BCUT2D eigenvalue weighted by atomic mass is 16.4. The summed E-state index contributed by atoms with van der Waals surface area (Å²) < 4.78 is 0. The summed E-state index contributed by atoms with van der Waals surface area (Å²) in [6.07, 6.45) is 8.02. The third kappa shape index (κ3) is 5.40. The molecule has 0 aliphatic carbocycles. The first kappa shape index (κ1) is 20.5. The first-order chi connectivity index (χ1) is 13.9. The van der Waals surface area contributed by atoms with Crippen LogP contribution in [0.4, 0.5) is 0 Å². The van der Waals surface area contributed by atoms with Crippen molar-refractivity contribution in [2.75, 3.05) is 13.1 Å². The summed E-state index contributed by atoms with van der Waals surface area (Å²) in [5.74, 6) is -1.87. The number of carbonyl (C=O) groups is 3. The second kappa shape index (κ2) is 9.32. The molecule has 0 saturated carbocycles. The molecule has 1 atom stereocenters. The fraction of sp³-hybridized carbons (Fsp3) is 0.364. The van der Waals surface area contributed by atoms with E-state index in [4.69, 9.17) is 5.11 Å². The molecule has 1 aliphatic heterocycles. The van der Waals surface area contributed by atoms with Gasteiger partial charge in [0.1, 0.15) is 0 Å². The molecule has 2 N–H and O–H groups in total. The molecule has 0 radical (unpaired) electrons. The molecule has 29 heavy (non-hydrogen) atoms. The topological polar surface area (TPSA) is 99.6 Å². The molecule has 1 saturated heterocycles. The highest BCUT2D eigenvalue weighted by Crippen LogP contribution is 2.19. The van der Waals surface area contributed by atoms with Crippen molar-refractivity contribution in [2.24, 2.45) is 5.92 Å². The van der Waals surface area contributed by atoms with Crippen molar-refractivity contribution >= 4 is 34.6 Å². The number of nitrogens with one attached hydrogen (secondary N) is 1. The number of amides is 2. The van der Waals surface area contributed by atoms with Crippen LogP contribution in [0.3, 0.4) is 0 Å². The molecule has 152 valence electrons. The number of hydrogen-bond acceptors (Lipinski definition) is 4. The number of carboxylic acids is 1. The van der Waals surface area contributed by atoms with Crippen LogP contribution >= 0.6 is 0 Å². The molecule has 1 unspecified atom stereocenters. The summed E-state index contributed by atoms with van der Waals surface area (Å²) >= 11 is 0. The van der Waals surface area contributed by atoms with Crippen molar-refractivity contribution in [3.8, 4) is 0 Å². The van der Waals surface area contributed by atoms with Crippen molar-refractivity contribution in [1.29, 1.82) is 0 Å². The molecule has 1 aromatic heterocycles. The monoisotopic (exact) mass is 395 g/mol. The van der Waals surface area contributed by atoms with E-state index in [-0.39, 0.29) is 24.3 Å². The number of fused-ring (bicyclic) bond motifs is 1. The van der Waals surface area contributed by atoms with Crippen LogP contribution in [0.2, 0.25) is 0 Å². The van der Waals surface area contributed by atoms with Gasteiger partial charge in [0.25, 0.3) is 0 Å². The molecule has 1 aliphatic rings. The van der Waals surface area contributed by atoms with Crippen LogP contribution in [0.25, 0.3) is 16.8 Å². The largest absolute Gasteiger partial charge is 0.481 e. The Morgan fingerprint density at radius 2 is 1.97 bits per heavy atom. The van der Waals surface area contributed by atoms with E-state index in [9.17, 15) is 14.4 Å². The number of benzene rings is 1. The van der Waals surface area contributed by atoms with E-state index >= 15 is 0 Å². The smallest absolute Gasteiger partial charge is 0.304 e. The van der Waals surface area contributed by atoms with Crippen LogP contribution in [0, 0.1) is 5.92 Å². The minimum absolute atomic E-state index is 0.0333. The Balaban J connectivity index is 1.53. The van der Waals surface area contributed by atoms with Gasteiger partial charge in [0.05, 0.1) is 6.42 Å². The number of carbonyl (C=O) groups excluding carboxylic acids is 2. The van der Waals surface area contributed by atoms with E-state index in [2.05, 4.69) is 10.3 Å². The molecular formula is C22H25N3O4. The van der Waals surface area contributed by atoms with Gasteiger partial charge < -0.3 is 15.3 Å². The van der Waals surface area contributed by atoms with Crippen LogP contribution in [0.15, 0.2) is 42.7 Å². The summed E-state index contributed by atoms with van der Waals surface area (Å²) in [6, 6.07) is 7.86. The van der Waals surface area contributed by atoms with Gasteiger partial charge >= 0.3 is 5.97 Å². The van der Waals surface area contributed by atoms with E-state index < -0.39 is 11.9 Å². The van der Waals surface area contributed by atoms with Crippen LogP contribution < -0.4 is 5.32 Å². The van der Waals surface area contributed by atoms with E-state index in [0.29, 0.717) is 25.9 Å². The zero-order valence-corrected chi connectivity index (χ0v) is 16.4. The predicted molar refractivity (Wildman–Crippen MR) is 110 cm³/mol. The third-order valence-corrected chi connectivity index (χ3v) is 5.19. The van der Waals surface area contributed by atoms with Gasteiger partial charge in [0.2, 0.25) is 11.8 Å². The first-order valence-electron chi connectivity index (χ1n) is 9.76. The van der Waals surface area contributed by atoms with Gasteiger partial charge in [-0.1, -0.05) is 31.2 Å². The average molecular weight is 395 g/mol. The molecule has 1 aromatic carbocycles. The van der Waals surface area contributed by atoms with Crippen molar-refractivity contribution in [1.82, 2.24) is 15.2 Å². The lowest BCUT2D eigenvalue weighted by Gasteiger charge is -2.32. The minimum Gasteiger partial charge on any atom is -0.481 e. The number of piperidine rings is 1. The summed E-state index contributed by atoms with van der Waals surface area (Å²) in [7, 11) is 0. The minimum atomic E-state index is -0.985. The molecule has 1 fully saturated rings. The maximum atomic E-state index is 12.5. The Bertz CT molecular complexity index is 927. The molecule has 2 amide bonds. The van der Waals surface area contributed by atoms with Gasteiger partial charge in [-0.2, -0.15) is 0 Å². The maximum Gasteiger partial charge on any atom is 0.304 e. The Morgan fingerprint density at radius 3 is 2.69 bits per heavy atom. The molecule has 7 heteroatoms.